The molecule has 3 heterocycles. The predicted molar refractivity (Wildman–Crippen MR) is 91.3 cm³/mol. The first-order valence-electron chi connectivity index (χ1n) is 8.43. The van der Waals surface area contributed by atoms with E-state index < -0.39 is 0 Å². The minimum atomic E-state index is 0.215. The molecule has 0 aromatic carbocycles. The van der Waals surface area contributed by atoms with Gasteiger partial charge >= 0.3 is 0 Å². The molecule has 6 heteroatoms. The number of hydrogen-bond donors (Lipinski definition) is 1. The van der Waals surface area contributed by atoms with Crippen LogP contribution in [-0.2, 0) is 11.8 Å². The smallest absolute Gasteiger partial charge is 0.0897 e. The molecule has 0 unspecified atom stereocenters. The minimum Gasteiger partial charge on any atom is -0.374 e. The molecule has 0 saturated carbocycles. The van der Waals surface area contributed by atoms with Gasteiger partial charge in [-0.25, -0.2) is 0 Å². The van der Waals surface area contributed by atoms with Crippen molar-refractivity contribution in [2.45, 2.75) is 38.0 Å². The molecule has 0 bridgehead atoms. The summed E-state index contributed by atoms with van der Waals surface area (Å²) in [6.07, 6.45) is 6.91. The van der Waals surface area contributed by atoms with E-state index in [1.807, 2.05) is 17.9 Å². The lowest BCUT2D eigenvalue weighted by atomic mass is 10.00. The van der Waals surface area contributed by atoms with E-state index in [2.05, 4.69) is 40.2 Å². The van der Waals surface area contributed by atoms with Gasteiger partial charge in [0.05, 0.1) is 24.9 Å². The summed E-state index contributed by atoms with van der Waals surface area (Å²) in [5, 5.41) is 8.11. The molecule has 1 aromatic heterocycles. The van der Waals surface area contributed by atoms with Crippen molar-refractivity contribution < 1.29 is 4.74 Å². The van der Waals surface area contributed by atoms with Gasteiger partial charge in [-0.1, -0.05) is 6.92 Å². The lowest BCUT2D eigenvalue weighted by molar-refractivity contribution is -0.0703. The van der Waals surface area contributed by atoms with Gasteiger partial charge in [-0.15, -0.1) is 0 Å². The molecule has 2 aliphatic rings. The van der Waals surface area contributed by atoms with E-state index in [4.69, 9.17) is 4.74 Å². The summed E-state index contributed by atoms with van der Waals surface area (Å²) in [4.78, 5) is 2.52. The van der Waals surface area contributed by atoms with Crippen molar-refractivity contribution in [3.63, 3.8) is 0 Å². The number of thioether (sulfide) groups is 1. The summed E-state index contributed by atoms with van der Waals surface area (Å²) in [5.74, 6) is 2.58. The Kier molecular flexibility index (Phi) is 5.79. The van der Waals surface area contributed by atoms with Crippen LogP contribution in [0.5, 0.6) is 0 Å². The van der Waals surface area contributed by atoms with Crippen LogP contribution in [-0.4, -0.2) is 64.6 Å². The maximum Gasteiger partial charge on any atom is 0.0897 e. The number of rotatable bonds is 5. The van der Waals surface area contributed by atoms with Gasteiger partial charge < -0.3 is 10.1 Å². The van der Waals surface area contributed by atoms with Crippen molar-refractivity contribution >= 4 is 11.8 Å². The first-order chi connectivity index (χ1) is 10.8. The summed E-state index contributed by atoms with van der Waals surface area (Å²) in [6.45, 7) is 6.06. The molecular formula is C16H28N4OS. The minimum absolute atomic E-state index is 0.215. The molecular weight excluding hydrogens is 296 g/mol. The van der Waals surface area contributed by atoms with Gasteiger partial charge in [-0.05, 0) is 30.9 Å². The van der Waals surface area contributed by atoms with E-state index in [1.54, 1.807) is 0 Å². The number of morpholine rings is 1. The zero-order chi connectivity index (χ0) is 15.4. The molecule has 2 atom stereocenters. The van der Waals surface area contributed by atoms with Gasteiger partial charge in [-0.3, -0.25) is 9.58 Å². The molecule has 2 fully saturated rings. The van der Waals surface area contributed by atoms with Crippen LogP contribution in [0.1, 0.15) is 31.4 Å². The van der Waals surface area contributed by atoms with Crippen LogP contribution in [0.25, 0.3) is 0 Å². The Balaban J connectivity index is 1.66. The Morgan fingerprint density at radius 3 is 2.91 bits per heavy atom. The Hall–Kier alpha value is -0.560. The van der Waals surface area contributed by atoms with Crippen molar-refractivity contribution in [2.75, 3.05) is 37.7 Å². The maximum absolute atomic E-state index is 6.13. The molecule has 0 radical (unpaired) electrons. The molecule has 2 aliphatic heterocycles. The second kappa shape index (κ2) is 7.81. The highest BCUT2D eigenvalue weighted by Crippen LogP contribution is 2.29. The van der Waals surface area contributed by atoms with E-state index in [9.17, 15) is 0 Å². The van der Waals surface area contributed by atoms with Crippen molar-refractivity contribution in [1.82, 2.24) is 20.0 Å². The third kappa shape index (κ3) is 3.85. The van der Waals surface area contributed by atoms with Gasteiger partial charge in [-0.2, -0.15) is 16.9 Å². The van der Waals surface area contributed by atoms with Crippen LogP contribution in [0.3, 0.4) is 0 Å². The average Bonchev–Trinajstić information content (AvgIpc) is 2.99. The zero-order valence-electron chi connectivity index (χ0n) is 13.7. The standard InChI is InChI=1S/C16H28N4OS/c1-3-20-6-7-21-15(11-17-14-4-8-22-9-5-14)16(20)13-10-18-19(2)12-13/h10,12,14-17H,3-9,11H2,1-2H3/t15-,16-/m0/s1. The number of likely N-dealkylation sites (N-methyl/N-ethyl adjacent to an activating group) is 1. The van der Waals surface area contributed by atoms with Crippen molar-refractivity contribution in [3.8, 4) is 0 Å². The molecule has 5 nitrogen and oxygen atoms in total. The number of ether oxygens (including phenoxy) is 1. The maximum atomic E-state index is 6.13. The molecule has 0 spiro atoms. The fourth-order valence-corrected chi connectivity index (χ4v) is 4.62. The summed E-state index contributed by atoms with van der Waals surface area (Å²) in [7, 11) is 1.98. The lowest BCUT2D eigenvalue weighted by Crippen LogP contribution is -2.50. The molecule has 3 rings (SSSR count). The summed E-state index contributed by atoms with van der Waals surface area (Å²) < 4.78 is 8.02. The van der Waals surface area contributed by atoms with Gasteiger partial charge in [0.15, 0.2) is 0 Å². The highest BCUT2D eigenvalue weighted by molar-refractivity contribution is 7.99. The molecule has 22 heavy (non-hydrogen) atoms. The first kappa shape index (κ1) is 16.3. The predicted octanol–water partition coefficient (Wildman–Crippen LogP) is 1.67. The fourth-order valence-electron chi connectivity index (χ4n) is 3.51. The highest BCUT2D eigenvalue weighted by Gasteiger charge is 2.33. The first-order valence-corrected chi connectivity index (χ1v) is 9.58. The number of nitrogens with zero attached hydrogens (tertiary/aromatic N) is 3. The van der Waals surface area contributed by atoms with Crippen LogP contribution < -0.4 is 5.32 Å². The summed E-state index contributed by atoms with van der Waals surface area (Å²) in [6, 6.07) is 0.981. The van der Waals surface area contributed by atoms with E-state index >= 15 is 0 Å². The molecule has 124 valence electrons. The van der Waals surface area contributed by atoms with Gasteiger partial charge in [0.2, 0.25) is 0 Å². The number of hydrogen-bond acceptors (Lipinski definition) is 5. The second-order valence-corrected chi connectivity index (χ2v) is 7.45. The van der Waals surface area contributed by atoms with Crippen molar-refractivity contribution in [3.05, 3.63) is 18.0 Å². The topological polar surface area (TPSA) is 42.3 Å². The normalized spacial score (nSPS) is 28.1. The van der Waals surface area contributed by atoms with Crippen LogP contribution in [0.2, 0.25) is 0 Å². The second-order valence-electron chi connectivity index (χ2n) is 6.22. The SMILES string of the molecule is CCN1CCO[C@@H](CNC2CCSCC2)[C@@H]1c1cnn(C)c1. The number of aromatic nitrogens is 2. The van der Waals surface area contributed by atoms with Crippen LogP contribution in [0.15, 0.2) is 12.4 Å². The van der Waals surface area contributed by atoms with Crippen LogP contribution in [0, 0.1) is 0 Å². The molecule has 2 saturated heterocycles. The Morgan fingerprint density at radius 2 is 2.23 bits per heavy atom. The molecule has 1 aromatic rings. The van der Waals surface area contributed by atoms with Gasteiger partial charge in [0.1, 0.15) is 0 Å². The van der Waals surface area contributed by atoms with E-state index in [0.717, 1.165) is 26.2 Å². The Morgan fingerprint density at radius 1 is 1.41 bits per heavy atom. The van der Waals surface area contributed by atoms with Crippen LogP contribution in [0.4, 0.5) is 0 Å². The van der Waals surface area contributed by atoms with Crippen molar-refractivity contribution in [1.29, 1.82) is 0 Å². The highest BCUT2D eigenvalue weighted by atomic mass is 32.2. The Labute approximate surface area is 137 Å². The molecule has 0 amide bonds. The zero-order valence-corrected chi connectivity index (χ0v) is 14.5. The summed E-state index contributed by atoms with van der Waals surface area (Å²) >= 11 is 2.07. The fraction of sp³-hybridized carbons (Fsp3) is 0.812. The van der Waals surface area contributed by atoms with Crippen molar-refractivity contribution in [2.24, 2.45) is 7.05 Å². The van der Waals surface area contributed by atoms with Gasteiger partial charge in [0, 0.05) is 37.9 Å². The quantitative estimate of drug-likeness (QED) is 0.892. The van der Waals surface area contributed by atoms with E-state index in [-0.39, 0.29) is 6.10 Å². The van der Waals surface area contributed by atoms with Crippen LogP contribution >= 0.6 is 11.8 Å². The Bertz CT molecular complexity index is 461. The van der Waals surface area contributed by atoms with E-state index in [1.165, 1.54) is 29.9 Å². The largest absolute Gasteiger partial charge is 0.374 e. The lowest BCUT2D eigenvalue weighted by Gasteiger charge is -2.41. The molecule has 0 aliphatic carbocycles. The van der Waals surface area contributed by atoms with Gasteiger partial charge in [0.25, 0.3) is 0 Å². The third-order valence-corrected chi connectivity index (χ3v) is 5.81. The third-order valence-electron chi connectivity index (χ3n) is 4.76. The average molecular weight is 324 g/mol. The number of nitrogens with one attached hydrogen (secondary N) is 1. The molecule has 1 N–H and O–H groups in total. The number of aryl methyl sites for hydroxylation is 1. The van der Waals surface area contributed by atoms with E-state index in [0.29, 0.717) is 12.1 Å². The monoisotopic (exact) mass is 324 g/mol. The summed E-state index contributed by atoms with van der Waals surface area (Å²) in [5.41, 5.74) is 1.27.